The molecule has 2 aliphatic rings. The molecule has 2 heterocycles. The van der Waals surface area contributed by atoms with Gasteiger partial charge >= 0.3 is 15.6 Å². The van der Waals surface area contributed by atoms with Crippen LogP contribution in [-0.2, 0) is 27.8 Å². The van der Waals surface area contributed by atoms with Crippen molar-refractivity contribution in [1.29, 1.82) is 0 Å². The van der Waals surface area contributed by atoms with Crippen molar-refractivity contribution >= 4 is 27.4 Å². The summed E-state index contributed by atoms with van der Waals surface area (Å²) in [7, 11) is -5.91. The van der Waals surface area contributed by atoms with Gasteiger partial charge in [-0.05, 0) is 75.1 Å². The van der Waals surface area contributed by atoms with Crippen molar-refractivity contribution in [3.63, 3.8) is 0 Å². The molecule has 2 aliphatic heterocycles. The molecule has 1 N–H and O–H groups in total. The Kier molecular flexibility index (Phi) is 6.72. The van der Waals surface area contributed by atoms with Gasteiger partial charge in [-0.25, -0.2) is 0 Å². The normalized spacial score (nSPS) is 17.1. The molecule has 0 radical (unpaired) electrons. The summed E-state index contributed by atoms with van der Waals surface area (Å²) in [6, 6.07) is 16.5. The van der Waals surface area contributed by atoms with Crippen LogP contribution in [0.1, 0.15) is 56.9 Å². The molecular formula is C30H29F3N2O5S. The molecule has 0 aromatic heterocycles. The SMILES string of the molecule is CC(=O)Nc1ccc(-c2cccc(C3=NC(C)(C)Cc4cc(OS(=O)(=O)C(F)(F)F)c5c(c43)CC(C)(C)O5)c2)cc1. The van der Waals surface area contributed by atoms with E-state index in [2.05, 4.69) is 9.50 Å². The Hall–Kier alpha value is -3.86. The number of fused-ring (bicyclic) bond motifs is 3. The molecule has 0 spiro atoms. The smallest absolute Gasteiger partial charge is 0.483 e. The molecule has 0 atom stereocenters. The van der Waals surface area contributed by atoms with Crippen molar-refractivity contribution in [3.8, 4) is 22.6 Å². The van der Waals surface area contributed by atoms with E-state index in [1.54, 1.807) is 13.8 Å². The number of halogens is 3. The van der Waals surface area contributed by atoms with Gasteiger partial charge in [0.1, 0.15) is 5.60 Å². The number of carbonyl (C=O) groups excluding carboxylic acids is 1. The van der Waals surface area contributed by atoms with Crippen LogP contribution < -0.4 is 14.2 Å². The third kappa shape index (κ3) is 5.68. The predicted octanol–water partition coefficient (Wildman–Crippen LogP) is 6.43. The maximum atomic E-state index is 13.2. The number of rotatable bonds is 5. The minimum Gasteiger partial charge on any atom is -0.483 e. The Bertz CT molecular complexity index is 1690. The average molecular weight is 587 g/mol. The fraction of sp³-hybridized carbons (Fsp3) is 0.333. The van der Waals surface area contributed by atoms with E-state index in [9.17, 15) is 26.4 Å². The number of aliphatic imine (C=N–C) groups is 1. The highest BCUT2D eigenvalue weighted by Crippen LogP contribution is 2.49. The third-order valence-corrected chi connectivity index (χ3v) is 7.80. The first-order chi connectivity index (χ1) is 18.9. The minimum atomic E-state index is -5.91. The summed E-state index contributed by atoms with van der Waals surface area (Å²) >= 11 is 0. The van der Waals surface area contributed by atoms with Crippen LogP contribution in [0.25, 0.3) is 11.1 Å². The number of hydrogen-bond donors (Lipinski definition) is 1. The summed E-state index contributed by atoms with van der Waals surface area (Å²) in [4.78, 5) is 16.4. The van der Waals surface area contributed by atoms with Crippen LogP contribution in [0.15, 0.2) is 59.6 Å². The fourth-order valence-corrected chi connectivity index (χ4v) is 5.76. The molecule has 3 aromatic rings. The fourth-order valence-electron chi connectivity index (χ4n) is 5.30. The maximum absolute atomic E-state index is 13.2. The molecular weight excluding hydrogens is 557 g/mol. The summed E-state index contributed by atoms with van der Waals surface area (Å²) in [6.45, 7) is 8.80. The summed E-state index contributed by atoms with van der Waals surface area (Å²) in [5.74, 6) is -0.675. The lowest BCUT2D eigenvalue weighted by Crippen LogP contribution is -2.31. The van der Waals surface area contributed by atoms with Crippen molar-refractivity contribution < 1.29 is 35.3 Å². The van der Waals surface area contributed by atoms with Crippen molar-refractivity contribution in [2.24, 2.45) is 4.99 Å². The number of ether oxygens (including phenoxy) is 1. The summed E-state index contributed by atoms with van der Waals surface area (Å²) in [5.41, 5.74) is -1.25. The first-order valence-corrected chi connectivity index (χ1v) is 14.3. The van der Waals surface area contributed by atoms with Crippen LogP contribution in [-0.4, -0.2) is 36.7 Å². The molecule has 0 saturated heterocycles. The van der Waals surface area contributed by atoms with Gasteiger partial charge in [0.2, 0.25) is 5.91 Å². The Morgan fingerprint density at radius 2 is 1.63 bits per heavy atom. The zero-order valence-electron chi connectivity index (χ0n) is 23.1. The highest BCUT2D eigenvalue weighted by atomic mass is 32.2. The Morgan fingerprint density at radius 3 is 2.27 bits per heavy atom. The van der Waals surface area contributed by atoms with Gasteiger partial charge in [0.25, 0.3) is 0 Å². The lowest BCUT2D eigenvalue weighted by Gasteiger charge is -2.31. The van der Waals surface area contributed by atoms with Gasteiger partial charge in [-0.15, -0.1) is 0 Å². The number of anilines is 1. The van der Waals surface area contributed by atoms with Crippen LogP contribution >= 0.6 is 0 Å². The largest absolute Gasteiger partial charge is 0.534 e. The van der Waals surface area contributed by atoms with E-state index in [4.69, 9.17) is 9.73 Å². The number of amides is 1. The molecule has 5 rings (SSSR count). The van der Waals surface area contributed by atoms with Gasteiger partial charge in [-0.3, -0.25) is 9.79 Å². The number of hydrogen-bond acceptors (Lipinski definition) is 6. The Morgan fingerprint density at radius 1 is 0.976 bits per heavy atom. The molecule has 1 amide bonds. The van der Waals surface area contributed by atoms with Gasteiger partial charge in [-0.1, -0.05) is 30.3 Å². The number of nitrogens with zero attached hydrogens (tertiary/aromatic N) is 1. The van der Waals surface area contributed by atoms with E-state index >= 15 is 0 Å². The van der Waals surface area contributed by atoms with Gasteiger partial charge in [0, 0.05) is 35.7 Å². The zero-order valence-corrected chi connectivity index (χ0v) is 24.0. The van der Waals surface area contributed by atoms with E-state index in [0.717, 1.165) is 16.7 Å². The van der Waals surface area contributed by atoms with E-state index in [1.807, 2.05) is 62.4 Å². The zero-order chi connectivity index (χ0) is 30.0. The van der Waals surface area contributed by atoms with E-state index in [0.29, 0.717) is 40.9 Å². The van der Waals surface area contributed by atoms with E-state index in [-0.39, 0.29) is 11.7 Å². The third-order valence-electron chi connectivity index (χ3n) is 6.84. The summed E-state index contributed by atoms with van der Waals surface area (Å²) in [6.07, 6.45) is 0.671. The van der Waals surface area contributed by atoms with Crippen LogP contribution in [0.4, 0.5) is 18.9 Å². The second-order valence-electron chi connectivity index (χ2n) is 11.5. The number of benzene rings is 3. The van der Waals surface area contributed by atoms with E-state index < -0.39 is 32.5 Å². The molecule has 7 nitrogen and oxygen atoms in total. The topological polar surface area (TPSA) is 94.1 Å². The lowest BCUT2D eigenvalue weighted by molar-refractivity contribution is -0.114. The number of carbonyl (C=O) groups is 1. The molecule has 3 aromatic carbocycles. The van der Waals surface area contributed by atoms with Crippen molar-refractivity contribution in [2.75, 3.05) is 5.32 Å². The Labute approximate surface area is 236 Å². The average Bonchev–Trinajstić information content (AvgIpc) is 3.17. The van der Waals surface area contributed by atoms with Crippen LogP contribution in [0.3, 0.4) is 0 Å². The minimum absolute atomic E-state index is 0.0290. The second kappa shape index (κ2) is 9.61. The monoisotopic (exact) mass is 586 g/mol. The van der Waals surface area contributed by atoms with Crippen LogP contribution in [0.2, 0.25) is 0 Å². The Balaban J connectivity index is 1.64. The molecule has 216 valence electrons. The molecule has 11 heteroatoms. The number of alkyl halides is 3. The van der Waals surface area contributed by atoms with Gasteiger partial charge in [0.15, 0.2) is 11.5 Å². The molecule has 0 aliphatic carbocycles. The molecule has 41 heavy (non-hydrogen) atoms. The molecule has 0 saturated carbocycles. The van der Waals surface area contributed by atoms with Crippen LogP contribution in [0.5, 0.6) is 11.5 Å². The molecule has 0 unspecified atom stereocenters. The summed E-state index contributed by atoms with van der Waals surface area (Å²) in [5, 5.41) is 2.74. The van der Waals surface area contributed by atoms with Crippen molar-refractivity contribution in [1.82, 2.24) is 0 Å². The standard InChI is InChI=1S/C30H29F3N2O5S/c1-17(36)34-22-11-9-18(10-12-22)19-7-6-8-20(13-19)26-25-21(15-28(2,3)35-26)14-24(40-41(37,38)30(31,32)33)27-23(25)16-29(4,5)39-27/h6-14H,15-16H2,1-5H3,(H,34,36). The second-order valence-corrected chi connectivity index (χ2v) is 13.1. The van der Waals surface area contributed by atoms with E-state index in [1.165, 1.54) is 13.0 Å². The maximum Gasteiger partial charge on any atom is 0.534 e. The highest BCUT2D eigenvalue weighted by molar-refractivity contribution is 7.88. The number of nitrogens with one attached hydrogen (secondary N) is 1. The highest BCUT2D eigenvalue weighted by Gasteiger charge is 2.50. The molecule has 0 bridgehead atoms. The van der Waals surface area contributed by atoms with Gasteiger partial charge in [-0.2, -0.15) is 21.6 Å². The first kappa shape index (κ1) is 28.7. The molecule has 0 fully saturated rings. The van der Waals surface area contributed by atoms with Gasteiger partial charge in [0.05, 0.1) is 11.3 Å². The van der Waals surface area contributed by atoms with Crippen LogP contribution in [0, 0.1) is 0 Å². The summed E-state index contributed by atoms with van der Waals surface area (Å²) < 4.78 is 74.2. The van der Waals surface area contributed by atoms with Gasteiger partial charge < -0.3 is 14.2 Å². The predicted molar refractivity (Wildman–Crippen MR) is 150 cm³/mol. The first-order valence-electron chi connectivity index (χ1n) is 12.9. The van der Waals surface area contributed by atoms with Crippen molar-refractivity contribution in [2.45, 2.75) is 64.1 Å². The quantitative estimate of drug-likeness (QED) is 0.275. The van der Waals surface area contributed by atoms with Crippen molar-refractivity contribution in [3.05, 3.63) is 76.9 Å². The lowest BCUT2D eigenvalue weighted by atomic mass is 9.80.